The fourth-order valence-corrected chi connectivity index (χ4v) is 2.89. The van der Waals surface area contributed by atoms with Crippen molar-refractivity contribution in [1.82, 2.24) is 15.0 Å². The molecule has 2 aromatic carbocycles. The second-order valence-corrected chi connectivity index (χ2v) is 6.08. The third-order valence-electron chi connectivity index (χ3n) is 4.11. The lowest BCUT2D eigenvalue weighted by molar-refractivity contribution is 0.458. The van der Waals surface area contributed by atoms with Gasteiger partial charge in [-0.05, 0) is 49.1 Å². The Hall–Kier alpha value is -2.36. The second-order valence-electron chi connectivity index (χ2n) is 6.08. The first-order valence-corrected chi connectivity index (χ1v) is 8.34. The first kappa shape index (κ1) is 15.5. The van der Waals surface area contributed by atoms with Gasteiger partial charge in [0.2, 0.25) is 0 Å². The summed E-state index contributed by atoms with van der Waals surface area (Å²) in [5, 5.41) is 19.6. The third kappa shape index (κ3) is 3.36. The summed E-state index contributed by atoms with van der Waals surface area (Å²) in [6.07, 6.45) is 5.64. The van der Waals surface area contributed by atoms with Gasteiger partial charge in [-0.3, -0.25) is 0 Å². The average Bonchev–Trinajstić information content (AvgIpc) is 2.98. The van der Waals surface area contributed by atoms with Crippen LogP contribution in [0.5, 0.6) is 5.75 Å². The molecule has 0 spiro atoms. The number of hydrogen-bond acceptors (Lipinski definition) is 3. The molecule has 0 bridgehead atoms. The molecule has 23 heavy (non-hydrogen) atoms. The van der Waals surface area contributed by atoms with Crippen LogP contribution < -0.4 is 0 Å². The van der Waals surface area contributed by atoms with Crippen molar-refractivity contribution < 1.29 is 5.11 Å². The molecular weight excluding hydrogens is 286 g/mol. The molecule has 0 amide bonds. The molecule has 3 aromatic rings. The maximum absolute atomic E-state index is 10.6. The summed E-state index contributed by atoms with van der Waals surface area (Å²) in [6, 6.07) is 11.7. The van der Waals surface area contributed by atoms with Crippen molar-refractivity contribution >= 4 is 11.0 Å². The zero-order valence-electron chi connectivity index (χ0n) is 13.8. The molecule has 0 saturated carbocycles. The number of unbranched alkanes of at least 4 members (excludes halogenated alkanes) is 3. The minimum atomic E-state index is 0.299. The Morgan fingerprint density at radius 1 is 1.00 bits per heavy atom. The van der Waals surface area contributed by atoms with E-state index in [1.165, 1.54) is 19.3 Å². The zero-order valence-corrected chi connectivity index (χ0v) is 13.8. The number of aryl methyl sites for hydroxylation is 2. The number of benzene rings is 2. The van der Waals surface area contributed by atoms with Crippen molar-refractivity contribution in [3.63, 3.8) is 0 Å². The van der Waals surface area contributed by atoms with Crippen molar-refractivity contribution in [2.45, 2.75) is 46.0 Å². The monoisotopic (exact) mass is 309 g/mol. The van der Waals surface area contributed by atoms with Gasteiger partial charge in [0.25, 0.3) is 0 Å². The van der Waals surface area contributed by atoms with Crippen molar-refractivity contribution in [2.75, 3.05) is 0 Å². The first-order chi connectivity index (χ1) is 11.2. The first-order valence-electron chi connectivity index (χ1n) is 8.34. The Kier molecular flexibility index (Phi) is 4.60. The number of rotatable bonds is 6. The van der Waals surface area contributed by atoms with Gasteiger partial charge in [-0.2, -0.15) is 0 Å². The van der Waals surface area contributed by atoms with Crippen molar-refractivity contribution in [2.24, 2.45) is 0 Å². The summed E-state index contributed by atoms with van der Waals surface area (Å²) in [5.74, 6) is 0.299. The minimum Gasteiger partial charge on any atom is -0.505 e. The van der Waals surface area contributed by atoms with Gasteiger partial charge in [0, 0.05) is 0 Å². The van der Waals surface area contributed by atoms with Crippen LogP contribution in [0.2, 0.25) is 0 Å². The largest absolute Gasteiger partial charge is 0.505 e. The topological polar surface area (TPSA) is 50.9 Å². The molecule has 120 valence electrons. The molecule has 0 aliphatic heterocycles. The molecular formula is C19H23N3O. The average molecular weight is 309 g/mol. The molecule has 1 heterocycles. The van der Waals surface area contributed by atoms with Crippen LogP contribution in [-0.4, -0.2) is 20.1 Å². The summed E-state index contributed by atoms with van der Waals surface area (Å²) in [6.45, 7) is 4.25. The van der Waals surface area contributed by atoms with Gasteiger partial charge in [0.1, 0.15) is 22.5 Å². The van der Waals surface area contributed by atoms with E-state index in [1.54, 1.807) is 4.80 Å². The Labute approximate surface area is 136 Å². The Balaban J connectivity index is 1.93. The van der Waals surface area contributed by atoms with Crippen LogP contribution in [0, 0.1) is 6.92 Å². The van der Waals surface area contributed by atoms with E-state index in [2.05, 4.69) is 23.2 Å². The van der Waals surface area contributed by atoms with E-state index in [9.17, 15) is 5.11 Å². The van der Waals surface area contributed by atoms with Crippen LogP contribution >= 0.6 is 0 Å². The molecule has 0 aliphatic carbocycles. The smallest absolute Gasteiger partial charge is 0.146 e. The lowest BCUT2D eigenvalue weighted by Gasteiger charge is -2.11. The number of hydrogen-bond donors (Lipinski definition) is 1. The van der Waals surface area contributed by atoms with Crippen LogP contribution in [-0.2, 0) is 6.42 Å². The molecule has 1 aromatic heterocycles. The summed E-state index contributed by atoms with van der Waals surface area (Å²) in [7, 11) is 0. The second kappa shape index (κ2) is 6.82. The molecule has 0 atom stereocenters. The molecule has 0 saturated heterocycles. The molecule has 4 nitrogen and oxygen atoms in total. The van der Waals surface area contributed by atoms with E-state index in [0.717, 1.165) is 35.0 Å². The fourth-order valence-electron chi connectivity index (χ4n) is 2.89. The molecule has 1 N–H and O–H groups in total. The molecule has 0 fully saturated rings. The van der Waals surface area contributed by atoms with Crippen LogP contribution in [0.4, 0.5) is 0 Å². The lowest BCUT2D eigenvalue weighted by atomic mass is 10.0. The highest BCUT2D eigenvalue weighted by Gasteiger charge is 2.13. The van der Waals surface area contributed by atoms with Crippen molar-refractivity contribution in [1.29, 1.82) is 0 Å². The van der Waals surface area contributed by atoms with Gasteiger partial charge < -0.3 is 5.11 Å². The van der Waals surface area contributed by atoms with E-state index in [-0.39, 0.29) is 0 Å². The highest BCUT2D eigenvalue weighted by atomic mass is 16.3. The Bertz CT molecular complexity index is 774. The fraction of sp³-hybridized carbons (Fsp3) is 0.368. The van der Waals surface area contributed by atoms with Gasteiger partial charge in [0.05, 0.1) is 0 Å². The number of phenolic OH excluding ortho intramolecular Hbond substituents is 1. The number of aromatic nitrogens is 3. The predicted octanol–water partition coefficient (Wildman–Crippen LogP) is 4.56. The number of phenols is 1. The maximum atomic E-state index is 10.6. The van der Waals surface area contributed by atoms with Gasteiger partial charge in [-0.15, -0.1) is 15.0 Å². The highest BCUT2D eigenvalue weighted by Crippen LogP contribution is 2.29. The molecule has 0 aliphatic rings. The standard InChI is InChI=1S/C19H23N3O/c1-3-4-5-6-9-15-12-14(2)13-18(19(15)23)22-20-16-10-7-8-11-17(16)21-22/h7-8,10-13,23H,3-6,9H2,1-2H3. The van der Waals surface area contributed by atoms with E-state index >= 15 is 0 Å². The SMILES string of the molecule is CCCCCCc1cc(C)cc(-n2nc3ccccc3n2)c1O. The Morgan fingerprint density at radius 3 is 2.35 bits per heavy atom. The van der Waals surface area contributed by atoms with Crippen LogP contribution in [0.25, 0.3) is 16.7 Å². The van der Waals surface area contributed by atoms with Crippen LogP contribution in [0.15, 0.2) is 36.4 Å². The predicted molar refractivity (Wildman–Crippen MR) is 93.1 cm³/mol. The van der Waals surface area contributed by atoms with E-state index in [1.807, 2.05) is 37.3 Å². The quantitative estimate of drug-likeness (QED) is 0.679. The van der Waals surface area contributed by atoms with E-state index in [4.69, 9.17) is 0 Å². The lowest BCUT2D eigenvalue weighted by Crippen LogP contribution is -2.02. The van der Waals surface area contributed by atoms with Crippen molar-refractivity contribution in [3.05, 3.63) is 47.5 Å². The molecule has 0 radical (unpaired) electrons. The zero-order chi connectivity index (χ0) is 16.2. The summed E-state index contributed by atoms with van der Waals surface area (Å²) < 4.78 is 0. The normalized spacial score (nSPS) is 11.2. The summed E-state index contributed by atoms with van der Waals surface area (Å²) >= 11 is 0. The van der Waals surface area contributed by atoms with Crippen LogP contribution in [0.3, 0.4) is 0 Å². The number of aromatic hydroxyl groups is 1. The molecule has 3 rings (SSSR count). The molecule has 0 unspecified atom stereocenters. The van der Waals surface area contributed by atoms with E-state index in [0.29, 0.717) is 11.4 Å². The van der Waals surface area contributed by atoms with Crippen molar-refractivity contribution in [3.8, 4) is 11.4 Å². The number of fused-ring (bicyclic) bond motifs is 1. The summed E-state index contributed by atoms with van der Waals surface area (Å²) in [4.78, 5) is 1.54. The highest BCUT2D eigenvalue weighted by molar-refractivity contribution is 5.73. The van der Waals surface area contributed by atoms with Gasteiger partial charge >= 0.3 is 0 Å². The van der Waals surface area contributed by atoms with E-state index < -0.39 is 0 Å². The summed E-state index contributed by atoms with van der Waals surface area (Å²) in [5.41, 5.74) is 4.42. The molecule has 4 heteroatoms. The van der Waals surface area contributed by atoms with Gasteiger partial charge in [-0.25, -0.2) is 0 Å². The minimum absolute atomic E-state index is 0.299. The maximum Gasteiger partial charge on any atom is 0.146 e. The van der Waals surface area contributed by atoms with Gasteiger partial charge in [0.15, 0.2) is 0 Å². The number of nitrogens with zero attached hydrogens (tertiary/aromatic N) is 3. The van der Waals surface area contributed by atoms with Gasteiger partial charge in [-0.1, -0.05) is 44.4 Å². The third-order valence-corrected chi connectivity index (χ3v) is 4.11. The van der Waals surface area contributed by atoms with Crippen LogP contribution in [0.1, 0.15) is 43.7 Å². The Morgan fingerprint density at radius 2 is 1.70 bits per heavy atom.